The lowest BCUT2D eigenvalue weighted by molar-refractivity contribution is -0.106. The maximum Gasteiger partial charge on any atom is 0.125 e. The van der Waals surface area contributed by atoms with E-state index in [1.54, 1.807) is 45.3 Å². The minimum atomic E-state index is 0.389. The number of rotatable bonds is 7. The van der Waals surface area contributed by atoms with Gasteiger partial charge < -0.3 is 20.7 Å². The molecule has 2 unspecified atom stereocenters. The molecule has 10 rings (SSSR count). The van der Waals surface area contributed by atoms with Crippen molar-refractivity contribution in [1.29, 1.82) is 0 Å². The van der Waals surface area contributed by atoms with Gasteiger partial charge in [0.2, 0.25) is 0 Å². The zero-order valence-corrected chi connectivity index (χ0v) is 35.5. The summed E-state index contributed by atoms with van der Waals surface area (Å²) in [7, 11) is 0. The van der Waals surface area contributed by atoms with Crippen LogP contribution >= 0.6 is 45.3 Å². The highest BCUT2D eigenvalue weighted by molar-refractivity contribution is 7.20. The summed E-state index contributed by atoms with van der Waals surface area (Å²) < 4.78 is 2.42. The van der Waals surface area contributed by atoms with Gasteiger partial charge in [-0.25, -0.2) is 19.9 Å². The third kappa shape index (κ3) is 8.54. The Kier molecular flexibility index (Phi) is 12.1. The first-order valence-corrected chi connectivity index (χ1v) is 22.6. The van der Waals surface area contributed by atoms with E-state index in [0.29, 0.717) is 12.1 Å². The van der Waals surface area contributed by atoms with Crippen molar-refractivity contribution < 1.29 is 4.79 Å². The third-order valence-electron chi connectivity index (χ3n) is 10.3. The van der Waals surface area contributed by atoms with E-state index >= 15 is 0 Å². The summed E-state index contributed by atoms with van der Waals surface area (Å²) in [4.78, 5) is 34.2. The third-order valence-corrected chi connectivity index (χ3v) is 14.1. The molecule has 0 fully saturated rings. The normalized spacial score (nSPS) is 17.1. The number of anilines is 4. The molecule has 6 aromatic heterocycles. The Hall–Kier alpha value is -4.89. The Bertz CT molecular complexity index is 2720. The fourth-order valence-corrected chi connectivity index (χ4v) is 11.0. The Morgan fingerprint density at radius 1 is 0.754 bits per heavy atom. The lowest BCUT2D eigenvalue weighted by atomic mass is 9.99. The minimum absolute atomic E-state index is 0.389. The average Bonchev–Trinajstić information content (AvgIpc) is 4.05. The van der Waals surface area contributed by atoms with Gasteiger partial charge in [-0.15, -0.1) is 45.3 Å². The van der Waals surface area contributed by atoms with Gasteiger partial charge in [0.05, 0.1) is 42.8 Å². The molecule has 0 bridgehead atoms. The van der Waals surface area contributed by atoms with Crippen LogP contribution in [0.1, 0.15) is 50.3 Å². The van der Waals surface area contributed by atoms with Crippen LogP contribution in [0.3, 0.4) is 0 Å². The molecule has 0 saturated heterocycles. The van der Waals surface area contributed by atoms with E-state index in [9.17, 15) is 0 Å². The summed E-state index contributed by atoms with van der Waals surface area (Å²) in [6.45, 7) is 11.5. The van der Waals surface area contributed by atoms with Crippen molar-refractivity contribution in [2.75, 3.05) is 30.3 Å². The molecule has 290 valence electrons. The van der Waals surface area contributed by atoms with Crippen molar-refractivity contribution in [2.24, 2.45) is 0 Å². The van der Waals surface area contributed by atoms with E-state index in [4.69, 9.17) is 4.79 Å². The highest BCUT2D eigenvalue weighted by Gasteiger charge is 2.23. The number of thiazole rings is 2. The van der Waals surface area contributed by atoms with Crippen LogP contribution in [0.5, 0.6) is 0 Å². The summed E-state index contributed by atoms with van der Waals surface area (Å²) in [6.07, 6.45) is 11.5. The number of aldehydes is 1. The van der Waals surface area contributed by atoms with Gasteiger partial charge in [0.25, 0.3) is 0 Å². The smallest absolute Gasteiger partial charge is 0.125 e. The van der Waals surface area contributed by atoms with Crippen molar-refractivity contribution in [3.8, 4) is 0 Å². The van der Waals surface area contributed by atoms with Gasteiger partial charge in [-0.3, -0.25) is 4.90 Å². The number of fused-ring (bicyclic) bond motifs is 4. The number of carbonyl (C=O) groups is 1. The second-order valence-electron chi connectivity index (χ2n) is 13.8. The lowest BCUT2D eigenvalue weighted by Gasteiger charge is -2.32. The number of pyridine rings is 2. The molecule has 2 aliphatic rings. The number of benzene rings is 2. The first-order valence-electron chi connectivity index (χ1n) is 19.2. The van der Waals surface area contributed by atoms with Crippen LogP contribution in [0.2, 0.25) is 0 Å². The molecular formula is C44H44N8OS4. The molecule has 8 aromatic rings. The Morgan fingerprint density at radius 3 is 1.84 bits per heavy atom. The van der Waals surface area contributed by atoms with Crippen molar-refractivity contribution in [3.05, 3.63) is 106 Å². The molecule has 0 amide bonds. The van der Waals surface area contributed by atoms with Crippen LogP contribution in [0.25, 0.3) is 52.0 Å². The van der Waals surface area contributed by atoms with E-state index in [2.05, 4.69) is 128 Å². The average molecular weight is 829 g/mol. The topological polar surface area (TPSA) is 108 Å². The molecule has 8 heterocycles. The number of nitrogens with one attached hydrogen (secondary N) is 3. The summed E-state index contributed by atoms with van der Waals surface area (Å²) in [6, 6.07) is 22.2. The Labute approximate surface area is 348 Å². The zero-order valence-electron chi connectivity index (χ0n) is 32.3. The molecule has 0 aliphatic carbocycles. The molecule has 0 radical (unpaired) electrons. The second-order valence-corrected chi connectivity index (χ2v) is 17.6. The number of likely N-dealkylation sites (N-methyl/N-ethyl adjacent to an activating group) is 1. The van der Waals surface area contributed by atoms with Gasteiger partial charge in [-0.1, -0.05) is 19.1 Å². The van der Waals surface area contributed by atoms with E-state index in [1.807, 2.05) is 29.5 Å². The van der Waals surface area contributed by atoms with Crippen molar-refractivity contribution in [2.45, 2.75) is 52.6 Å². The SMILES string of the molecule is CC1NCCC=C1c1cc2c(Nc3ccc4scnc4c3)ccnc2s1.CC=O.CCN1CCC=C(c2cc3c(Nc4ccc5scnc5c4)ccnc3s2)C1C. The molecule has 3 N–H and O–H groups in total. The Morgan fingerprint density at radius 2 is 1.30 bits per heavy atom. The number of carbonyl (C=O) groups excluding carboxylic acids is 1. The van der Waals surface area contributed by atoms with E-state index < -0.39 is 0 Å². The molecule has 2 aliphatic heterocycles. The van der Waals surface area contributed by atoms with Crippen LogP contribution in [-0.2, 0) is 4.79 Å². The predicted octanol–water partition coefficient (Wildman–Crippen LogP) is 11.8. The van der Waals surface area contributed by atoms with Crippen LogP contribution in [0.15, 0.2) is 96.2 Å². The number of thiophene rings is 2. The molecule has 0 saturated carbocycles. The van der Waals surface area contributed by atoms with Gasteiger partial charge in [-0.05, 0) is 119 Å². The number of aromatic nitrogens is 4. The molecule has 2 aromatic carbocycles. The number of hydrogen-bond donors (Lipinski definition) is 3. The first-order chi connectivity index (χ1) is 27.9. The monoisotopic (exact) mass is 828 g/mol. The second kappa shape index (κ2) is 17.7. The van der Waals surface area contributed by atoms with Gasteiger partial charge in [0.1, 0.15) is 15.9 Å². The minimum Gasteiger partial charge on any atom is -0.355 e. The fourth-order valence-electron chi connectivity index (χ4n) is 7.38. The van der Waals surface area contributed by atoms with E-state index in [-0.39, 0.29) is 0 Å². The van der Waals surface area contributed by atoms with E-state index in [0.717, 1.165) is 82.2 Å². The highest BCUT2D eigenvalue weighted by Crippen LogP contribution is 2.39. The standard InChI is InChI=1S/C22H22N4S2.C20H18N4S2.C2H4O/c1-3-26-10-4-5-16(14(26)2)21-12-17-18(8-9-23-22(17)28-21)25-15-6-7-20-19(11-15)24-13-27-20;1-12-14(3-2-7-21-12)19-10-15-16(6-8-22-20(15)26-19)24-13-4-5-18-17(9-13)23-11-25-18;1-2-3/h5-9,11-14H,3-4,10H2,1-2H3,(H,23,25);3-6,8-12,21H,2,7H2,1H3,(H,22,24);2H,1H3. The predicted molar refractivity (Wildman–Crippen MR) is 246 cm³/mol. The largest absolute Gasteiger partial charge is 0.355 e. The van der Waals surface area contributed by atoms with E-state index in [1.165, 1.54) is 48.0 Å². The molecule has 13 heteroatoms. The summed E-state index contributed by atoms with van der Waals surface area (Å²) in [5, 5.41) is 13.0. The van der Waals surface area contributed by atoms with Crippen LogP contribution < -0.4 is 16.0 Å². The number of hydrogen-bond acceptors (Lipinski definition) is 13. The van der Waals surface area contributed by atoms with Crippen LogP contribution in [0, 0.1) is 0 Å². The number of nitrogens with zero attached hydrogens (tertiary/aromatic N) is 5. The van der Waals surface area contributed by atoms with Gasteiger partial charge in [-0.2, -0.15) is 0 Å². The molecular weight excluding hydrogens is 785 g/mol. The van der Waals surface area contributed by atoms with Crippen LogP contribution in [0.4, 0.5) is 22.7 Å². The maximum absolute atomic E-state index is 8.81. The molecule has 2 atom stereocenters. The maximum atomic E-state index is 8.81. The summed E-state index contributed by atoms with van der Waals surface area (Å²) >= 11 is 6.89. The highest BCUT2D eigenvalue weighted by atomic mass is 32.1. The van der Waals surface area contributed by atoms with Gasteiger partial charge in [0.15, 0.2) is 0 Å². The summed E-state index contributed by atoms with van der Waals surface area (Å²) in [5.74, 6) is 0. The van der Waals surface area contributed by atoms with Crippen molar-refractivity contribution >= 4 is 126 Å². The lowest BCUT2D eigenvalue weighted by Crippen LogP contribution is -2.36. The zero-order chi connectivity index (χ0) is 39.3. The Balaban J connectivity index is 0.000000150. The summed E-state index contributed by atoms with van der Waals surface area (Å²) in [5.41, 5.74) is 13.0. The molecule has 0 spiro atoms. The van der Waals surface area contributed by atoms with Crippen LogP contribution in [-0.4, -0.2) is 62.8 Å². The quantitative estimate of drug-likeness (QED) is 0.135. The fraction of sp³-hybridized carbons (Fsp3) is 0.250. The molecule has 57 heavy (non-hydrogen) atoms. The van der Waals surface area contributed by atoms with Gasteiger partial charge in [0, 0.05) is 62.9 Å². The van der Waals surface area contributed by atoms with Crippen molar-refractivity contribution in [1.82, 2.24) is 30.2 Å². The molecule has 9 nitrogen and oxygen atoms in total. The van der Waals surface area contributed by atoms with Gasteiger partial charge >= 0.3 is 0 Å². The first kappa shape index (κ1) is 39.0. The van der Waals surface area contributed by atoms with Crippen molar-refractivity contribution in [3.63, 3.8) is 0 Å².